The van der Waals surface area contributed by atoms with Gasteiger partial charge in [0.25, 0.3) is 0 Å². The van der Waals surface area contributed by atoms with Crippen LogP contribution in [0.2, 0.25) is 0 Å². The molecule has 6 heteroatoms. The van der Waals surface area contributed by atoms with E-state index in [0.29, 0.717) is 10.7 Å². The number of rotatable bonds is 4. The van der Waals surface area contributed by atoms with Gasteiger partial charge in [-0.3, -0.25) is 5.10 Å². The molecule has 108 valence electrons. The lowest BCUT2D eigenvalue weighted by molar-refractivity contribution is 0.509. The van der Waals surface area contributed by atoms with E-state index in [4.69, 9.17) is 12.2 Å². The van der Waals surface area contributed by atoms with Crippen molar-refractivity contribution in [2.75, 3.05) is 0 Å². The minimum absolute atomic E-state index is 0.509. The number of H-pyrrole nitrogens is 1. The van der Waals surface area contributed by atoms with Crippen molar-refractivity contribution in [2.45, 2.75) is 41.2 Å². The lowest BCUT2D eigenvalue weighted by Gasteiger charge is -2.11. The maximum Gasteiger partial charge on any atom is 0.216 e. The summed E-state index contributed by atoms with van der Waals surface area (Å²) >= 11 is 5.14. The van der Waals surface area contributed by atoms with E-state index in [-0.39, 0.29) is 0 Å². The number of aromatic nitrogens is 4. The van der Waals surface area contributed by atoms with E-state index >= 15 is 0 Å². The summed E-state index contributed by atoms with van der Waals surface area (Å²) in [6.07, 6.45) is 1.84. The molecule has 0 bridgehead atoms. The van der Waals surface area contributed by atoms with Crippen LogP contribution in [0, 0.1) is 31.5 Å². The first-order valence-electron chi connectivity index (χ1n) is 6.75. The summed E-state index contributed by atoms with van der Waals surface area (Å²) in [5.74, 6) is 1.37. The van der Waals surface area contributed by atoms with E-state index in [2.05, 4.69) is 53.6 Å². The molecule has 2 aromatic heterocycles. The van der Waals surface area contributed by atoms with Crippen LogP contribution in [0.5, 0.6) is 0 Å². The molecule has 2 heterocycles. The molecule has 0 saturated heterocycles. The summed E-state index contributed by atoms with van der Waals surface area (Å²) in [5, 5.41) is 11.2. The second kappa shape index (κ2) is 5.75. The van der Waals surface area contributed by atoms with Crippen LogP contribution in [0.3, 0.4) is 0 Å². The second-order valence-electron chi connectivity index (χ2n) is 5.46. The van der Waals surface area contributed by atoms with E-state index in [1.54, 1.807) is 4.68 Å². The Kier molecular flexibility index (Phi) is 4.23. The van der Waals surface area contributed by atoms with E-state index in [9.17, 15) is 0 Å². The molecular weight excluding hydrogens is 270 g/mol. The van der Waals surface area contributed by atoms with Gasteiger partial charge < -0.3 is 4.57 Å². The first kappa shape index (κ1) is 14.7. The van der Waals surface area contributed by atoms with Crippen molar-refractivity contribution in [1.82, 2.24) is 19.4 Å². The predicted molar refractivity (Wildman–Crippen MR) is 83.9 cm³/mol. The Balaban J connectivity index is 2.33. The standard InChI is InChI=1S/C14H21N5S/c1-9(2)8-18-10(3)6-13(11(18)4)7-15-19-12(5)16-17-14(19)20/h6-7,9H,8H2,1-5H3,(H,17,20)/b15-7-. The zero-order valence-electron chi connectivity index (χ0n) is 12.6. The Labute approximate surface area is 124 Å². The Morgan fingerprint density at radius 1 is 1.40 bits per heavy atom. The largest absolute Gasteiger partial charge is 0.348 e. The molecule has 5 nitrogen and oxygen atoms in total. The van der Waals surface area contributed by atoms with Gasteiger partial charge in [0.2, 0.25) is 4.77 Å². The Morgan fingerprint density at radius 3 is 2.65 bits per heavy atom. The van der Waals surface area contributed by atoms with Gasteiger partial charge in [-0.15, -0.1) is 0 Å². The predicted octanol–water partition coefficient (Wildman–Crippen LogP) is 3.21. The maximum absolute atomic E-state index is 5.14. The molecule has 2 rings (SSSR count). The van der Waals surface area contributed by atoms with Crippen LogP contribution in [0.15, 0.2) is 11.2 Å². The summed E-state index contributed by atoms with van der Waals surface area (Å²) in [5.41, 5.74) is 3.60. The lowest BCUT2D eigenvalue weighted by atomic mass is 10.2. The van der Waals surface area contributed by atoms with Gasteiger partial charge in [0, 0.05) is 23.5 Å². The third-order valence-electron chi connectivity index (χ3n) is 3.29. The highest BCUT2D eigenvalue weighted by molar-refractivity contribution is 7.71. The van der Waals surface area contributed by atoms with Crippen molar-refractivity contribution in [2.24, 2.45) is 11.0 Å². The fraction of sp³-hybridized carbons (Fsp3) is 0.500. The van der Waals surface area contributed by atoms with Gasteiger partial charge in [0.1, 0.15) is 5.82 Å². The van der Waals surface area contributed by atoms with Crippen LogP contribution in [0.1, 0.15) is 36.6 Å². The highest BCUT2D eigenvalue weighted by atomic mass is 32.1. The molecule has 0 saturated carbocycles. The van der Waals surface area contributed by atoms with Crippen LogP contribution < -0.4 is 0 Å². The molecule has 0 unspecified atom stereocenters. The van der Waals surface area contributed by atoms with Crippen molar-refractivity contribution in [3.8, 4) is 0 Å². The maximum atomic E-state index is 5.14. The molecule has 0 aliphatic carbocycles. The van der Waals surface area contributed by atoms with E-state index in [1.165, 1.54) is 11.4 Å². The smallest absolute Gasteiger partial charge is 0.216 e. The fourth-order valence-electron chi connectivity index (χ4n) is 2.23. The molecule has 0 radical (unpaired) electrons. The number of aryl methyl sites for hydroxylation is 2. The summed E-state index contributed by atoms with van der Waals surface area (Å²) in [6, 6.07) is 2.15. The van der Waals surface area contributed by atoms with Crippen molar-refractivity contribution >= 4 is 18.4 Å². The number of nitrogens with zero attached hydrogens (tertiary/aromatic N) is 4. The van der Waals surface area contributed by atoms with Gasteiger partial charge >= 0.3 is 0 Å². The normalized spacial score (nSPS) is 11.9. The van der Waals surface area contributed by atoms with Crippen molar-refractivity contribution in [3.05, 3.63) is 33.6 Å². The minimum atomic E-state index is 0.509. The first-order valence-corrected chi connectivity index (χ1v) is 7.16. The highest BCUT2D eigenvalue weighted by Gasteiger charge is 2.09. The van der Waals surface area contributed by atoms with E-state index in [0.717, 1.165) is 17.9 Å². The number of hydrogen-bond acceptors (Lipinski definition) is 3. The van der Waals surface area contributed by atoms with Gasteiger partial charge in [-0.25, -0.2) is 0 Å². The molecule has 0 amide bonds. The average Bonchev–Trinajstić information content (AvgIpc) is 2.82. The molecule has 2 aromatic rings. The number of nitrogens with one attached hydrogen (secondary N) is 1. The van der Waals surface area contributed by atoms with E-state index in [1.807, 2.05) is 13.1 Å². The third kappa shape index (κ3) is 2.90. The van der Waals surface area contributed by atoms with Crippen molar-refractivity contribution in [1.29, 1.82) is 0 Å². The third-order valence-corrected chi connectivity index (χ3v) is 3.55. The SMILES string of the molecule is Cc1cc(/C=N\n2c(C)n[nH]c2=S)c(C)n1CC(C)C. The van der Waals surface area contributed by atoms with Crippen LogP contribution in [-0.4, -0.2) is 25.7 Å². The van der Waals surface area contributed by atoms with Gasteiger partial charge in [-0.05, 0) is 45.0 Å². The first-order chi connectivity index (χ1) is 9.40. The fourth-order valence-corrected chi connectivity index (χ4v) is 2.46. The molecule has 0 aliphatic heterocycles. The highest BCUT2D eigenvalue weighted by Crippen LogP contribution is 2.15. The molecule has 20 heavy (non-hydrogen) atoms. The van der Waals surface area contributed by atoms with Crippen LogP contribution in [0.4, 0.5) is 0 Å². The summed E-state index contributed by atoms with van der Waals surface area (Å²) in [6.45, 7) is 11.6. The molecule has 1 N–H and O–H groups in total. The molecule has 0 spiro atoms. The molecule has 0 atom stereocenters. The van der Waals surface area contributed by atoms with Gasteiger partial charge in [0.15, 0.2) is 0 Å². The summed E-state index contributed by atoms with van der Waals surface area (Å²) in [4.78, 5) is 0. The van der Waals surface area contributed by atoms with Gasteiger partial charge in [-0.2, -0.15) is 14.9 Å². The monoisotopic (exact) mass is 291 g/mol. The Bertz CT molecular complexity index is 687. The van der Waals surface area contributed by atoms with Crippen molar-refractivity contribution in [3.63, 3.8) is 0 Å². The van der Waals surface area contributed by atoms with E-state index < -0.39 is 0 Å². The molecular formula is C14H21N5S. The topological polar surface area (TPSA) is 50.9 Å². The van der Waals surface area contributed by atoms with Crippen LogP contribution >= 0.6 is 12.2 Å². The Morgan fingerprint density at radius 2 is 2.10 bits per heavy atom. The lowest BCUT2D eigenvalue weighted by Crippen LogP contribution is -2.08. The van der Waals surface area contributed by atoms with Crippen LogP contribution in [0.25, 0.3) is 0 Å². The van der Waals surface area contributed by atoms with Gasteiger partial charge in [0.05, 0.1) is 6.21 Å². The Hall–Kier alpha value is -1.69. The van der Waals surface area contributed by atoms with Crippen molar-refractivity contribution < 1.29 is 0 Å². The number of aromatic amines is 1. The second-order valence-corrected chi connectivity index (χ2v) is 5.85. The molecule has 0 fully saturated rings. The minimum Gasteiger partial charge on any atom is -0.348 e. The zero-order valence-corrected chi connectivity index (χ0v) is 13.5. The molecule has 0 aliphatic rings. The number of hydrogen-bond donors (Lipinski definition) is 1. The average molecular weight is 291 g/mol. The zero-order chi connectivity index (χ0) is 14.9. The summed E-state index contributed by atoms with van der Waals surface area (Å²) < 4.78 is 4.46. The van der Waals surface area contributed by atoms with Crippen LogP contribution in [-0.2, 0) is 6.54 Å². The quantitative estimate of drug-likeness (QED) is 0.694. The van der Waals surface area contributed by atoms with Gasteiger partial charge in [-0.1, -0.05) is 13.8 Å². The summed E-state index contributed by atoms with van der Waals surface area (Å²) in [7, 11) is 0. The molecule has 0 aromatic carbocycles.